The molecular formula is C25H27NO5. The summed E-state index contributed by atoms with van der Waals surface area (Å²) in [6.07, 6.45) is 0. The van der Waals surface area contributed by atoms with Gasteiger partial charge in [0.1, 0.15) is 5.60 Å². The SMILES string of the molecule is COc1cc(C(=O)NC[C@](C)(O)c2ccc(-c3ccccc3)cc2)cc(OC)c1OC. The van der Waals surface area contributed by atoms with Crippen molar-refractivity contribution >= 4 is 5.91 Å². The normalized spacial score (nSPS) is 12.5. The van der Waals surface area contributed by atoms with E-state index >= 15 is 0 Å². The van der Waals surface area contributed by atoms with Gasteiger partial charge in [0.05, 0.1) is 27.9 Å². The first-order chi connectivity index (χ1) is 14.9. The number of carbonyl (C=O) groups is 1. The topological polar surface area (TPSA) is 77.0 Å². The number of hydrogen-bond donors (Lipinski definition) is 2. The van der Waals surface area contributed by atoms with Gasteiger partial charge in [0.15, 0.2) is 11.5 Å². The van der Waals surface area contributed by atoms with Crippen molar-refractivity contribution in [1.82, 2.24) is 5.32 Å². The van der Waals surface area contributed by atoms with Crippen LogP contribution in [0.15, 0.2) is 66.7 Å². The lowest BCUT2D eigenvalue weighted by molar-refractivity contribution is 0.0526. The molecule has 3 rings (SSSR count). The number of amides is 1. The van der Waals surface area contributed by atoms with E-state index in [1.54, 1.807) is 19.1 Å². The van der Waals surface area contributed by atoms with Crippen molar-refractivity contribution in [2.75, 3.05) is 27.9 Å². The number of methoxy groups -OCH3 is 3. The van der Waals surface area contributed by atoms with Crippen LogP contribution in [0.3, 0.4) is 0 Å². The summed E-state index contributed by atoms with van der Waals surface area (Å²) in [4.78, 5) is 12.7. The Morgan fingerprint density at radius 2 is 1.42 bits per heavy atom. The van der Waals surface area contributed by atoms with Gasteiger partial charge in [-0.05, 0) is 35.7 Å². The predicted octanol–water partition coefficient (Wildman–Crippen LogP) is 4.02. The van der Waals surface area contributed by atoms with E-state index in [1.165, 1.54) is 21.3 Å². The van der Waals surface area contributed by atoms with Crippen LogP contribution in [-0.2, 0) is 5.60 Å². The molecule has 2 N–H and O–H groups in total. The summed E-state index contributed by atoms with van der Waals surface area (Å²) in [6, 6.07) is 20.8. The van der Waals surface area contributed by atoms with Crippen LogP contribution in [0.4, 0.5) is 0 Å². The van der Waals surface area contributed by atoms with Crippen molar-refractivity contribution in [1.29, 1.82) is 0 Å². The maximum absolute atomic E-state index is 12.7. The first-order valence-corrected chi connectivity index (χ1v) is 9.86. The summed E-state index contributed by atoms with van der Waals surface area (Å²) in [5.74, 6) is 0.818. The highest BCUT2D eigenvalue weighted by Crippen LogP contribution is 2.38. The fourth-order valence-corrected chi connectivity index (χ4v) is 3.32. The molecule has 0 aliphatic heterocycles. The average molecular weight is 421 g/mol. The van der Waals surface area contributed by atoms with Crippen LogP contribution in [0.25, 0.3) is 11.1 Å². The fraction of sp³-hybridized carbons (Fsp3) is 0.240. The third-order valence-corrected chi connectivity index (χ3v) is 5.13. The Bertz CT molecular complexity index is 1000. The molecule has 162 valence electrons. The van der Waals surface area contributed by atoms with Crippen molar-refractivity contribution in [3.05, 3.63) is 77.9 Å². The molecule has 0 aliphatic carbocycles. The average Bonchev–Trinajstić information content (AvgIpc) is 2.82. The number of ether oxygens (including phenoxy) is 3. The molecule has 6 heteroatoms. The summed E-state index contributed by atoms with van der Waals surface area (Å²) < 4.78 is 15.9. The number of hydrogen-bond acceptors (Lipinski definition) is 5. The van der Waals surface area contributed by atoms with Crippen molar-refractivity contribution < 1.29 is 24.1 Å². The molecule has 1 atom stereocenters. The molecular weight excluding hydrogens is 394 g/mol. The monoisotopic (exact) mass is 421 g/mol. The minimum Gasteiger partial charge on any atom is -0.493 e. The van der Waals surface area contributed by atoms with Crippen LogP contribution >= 0.6 is 0 Å². The van der Waals surface area contributed by atoms with E-state index in [0.29, 0.717) is 28.4 Å². The van der Waals surface area contributed by atoms with Crippen LogP contribution in [0.5, 0.6) is 17.2 Å². The van der Waals surface area contributed by atoms with Gasteiger partial charge in [-0.15, -0.1) is 0 Å². The van der Waals surface area contributed by atoms with E-state index in [-0.39, 0.29) is 12.5 Å². The van der Waals surface area contributed by atoms with Gasteiger partial charge in [0.25, 0.3) is 5.91 Å². The number of benzene rings is 3. The van der Waals surface area contributed by atoms with E-state index in [0.717, 1.165) is 11.1 Å². The molecule has 0 fully saturated rings. The number of rotatable bonds is 8. The fourth-order valence-electron chi connectivity index (χ4n) is 3.32. The Balaban J connectivity index is 1.73. The van der Waals surface area contributed by atoms with Crippen molar-refractivity contribution in [3.63, 3.8) is 0 Å². The highest BCUT2D eigenvalue weighted by atomic mass is 16.5. The van der Waals surface area contributed by atoms with Crippen molar-refractivity contribution in [3.8, 4) is 28.4 Å². The van der Waals surface area contributed by atoms with Crippen molar-refractivity contribution in [2.24, 2.45) is 0 Å². The second-order valence-corrected chi connectivity index (χ2v) is 7.31. The van der Waals surface area contributed by atoms with E-state index in [9.17, 15) is 9.90 Å². The Morgan fingerprint density at radius 3 is 1.94 bits per heavy atom. The van der Waals surface area contributed by atoms with Crippen LogP contribution in [0, 0.1) is 0 Å². The standard InChI is InChI=1S/C25H27NO5/c1-25(28,20-12-10-18(11-13-20)17-8-6-5-7-9-17)16-26-24(27)19-14-21(29-2)23(31-4)22(15-19)30-3/h5-15,28H,16H2,1-4H3,(H,26,27)/t25-/m0/s1. The highest BCUT2D eigenvalue weighted by Gasteiger charge is 2.25. The van der Waals surface area contributed by atoms with Gasteiger partial charge in [-0.25, -0.2) is 0 Å². The molecule has 0 heterocycles. The number of carbonyl (C=O) groups excluding carboxylic acids is 1. The van der Waals surface area contributed by atoms with Gasteiger partial charge < -0.3 is 24.6 Å². The molecule has 6 nitrogen and oxygen atoms in total. The Kier molecular flexibility index (Phi) is 6.82. The van der Waals surface area contributed by atoms with E-state index in [2.05, 4.69) is 5.32 Å². The number of aliphatic hydroxyl groups is 1. The minimum absolute atomic E-state index is 0.0349. The third kappa shape index (κ3) is 4.98. The molecule has 0 aromatic heterocycles. The molecule has 31 heavy (non-hydrogen) atoms. The first kappa shape index (κ1) is 22.2. The summed E-state index contributed by atoms with van der Waals surface area (Å²) in [6.45, 7) is 1.70. The molecule has 1 amide bonds. The van der Waals surface area contributed by atoms with Crippen molar-refractivity contribution in [2.45, 2.75) is 12.5 Å². The van der Waals surface area contributed by atoms with Gasteiger partial charge >= 0.3 is 0 Å². The van der Waals surface area contributed by atoms with Gasteiger partial charge in [-0.2, -0.15) is 0 Å². The lowest BCUT2D eigenvalue weighted by Crippen LogP contribution is -2.38. The van der Waals surface area contributed by atoms with Gasteiger partial charge in [0.2, 0.25) is 5.75 Å². The first-order valence-electron chi connectivity index (χ1n) is 9.86. The summed E-state index contributed by atoms with van der Waals surface area (Å²) in [5.41, 5.74) is 1.96. The summed E-state index contributed by atoms with van der Waals surface area (Å²) in [7, 11) is 4.48. The highest BCUT2D eigenvalue weighted by molar-refractivity contribution is 5.95. The zero-order valence-corrected chi connectivity index (χ0v) is 18.1. The predicted molar refractivity (Wildman–Crippen MR) is 120 cm³/mol. The Labute approximate surface area is 182 Å². The largest absolute Gasteiger partial charge is 0.493 e. The molecule has 0 unspecified atom stereocenters. The van der Waals surface area contributed by atoms with Gasteiger partial charge in [0, 0.05) is 5.56 Å². The lowest BCUT2D eigenvalue weighted by atomic mass is 9.93. The van der Waals surface area contributed by atoms with Crippen LogP contribution in [0.1, 0.15) is 22.8 Å². The molecule has 0 spiro atoms. The van der Waals surface area contributed by atoms with E-state index < -0.39 is 5.60 Å². The molecule has 0 bridgehead atoms. The Morgan fingerprint density at radius 1 is 0.871 bits per heavy atom. The zero-order valence-electron chi connectivity index (χ0n) is 18.1. The number of nitrogens with one attached hydrogen (secondary N) is 1. The summed E-state index contributed by atoms with van der Waals surface area (Å²) >= 11 is 0. The molecule has 3 aromatic carbocycles. The second kappa shape index (κ2) is 9.53. The van der Waals surface area contributed by atoms with E-state index in [4.69, 9.17) is 14.2 Å². The third-order valence-electron chi connectivity index (χ3n) is 5.13. The van der Waals surface area contributed by atoms with Crippen LogP contribution in [0.2, 0.25) is 0 Å². The summed E-state index contributed by atoms with van der Waals surface area (Å²) in [5, 5.41) is 13.7. The maximum atomic E-state index is 12.7. The van der Waals surface area contributed by atoms with Gasteiger partial charge in [-0.3, -0.25) is 4.79 Å². The molecule has 3 aromatic rings. The minimum atomic E-state index is -1.24. The molecule has 0 saturated carbocycles. The second-order valence-electron chi connectivity index (χ2n) is 7.31. The molecule has 0 saturated heterocycles. The Hall–Kier alpha value is -3.51. The van der Waals surface area contributed by atoms with Crippen LogP contribution in [-0.4, -0.2) is 38.9 Å². The lowest BCUT2D eigenvalue weighted by Gasteiger charge is -2.25. The van der Waals surface area contributed by atoms with Gasteiger partial charge in [-0.1, -0.05) is 54.6 Å². The quantitative estimate of drug-likeness (QED) is 0.575. The zero-order chi connectivity index (χ0) is 22.4. The molecule has 0 radical (unpaired) electrons. The smallest absolute Gasteiger partial charge is 0.251 e. The maximum Gasteiger partial charge on any atom is 0.251 e. The van der Waals surface area contributed by atoms with E-state index in [1.807, 2.05) is 54.6 Å². The van der Waals surface area contributed by atoms with Crippen LogP contribution < -0.4 is 19.5 Å². The molecule has 0 aliphatic rings.